The fraction of sp³-hybridized carbons (Fsp3) is 0.500. The standard InChI is InChI=1S/C14H17FN2O/c1-14(2)7-4-8-17-10-6-3-5-9(15)11(10)16-13(18)12(14)17/h3,5-6,12H,4,7-8H2,1-2H3,(H,16,18). The molecule has 0 spiro atoms. The highest BCUT2D eigenvalue weighted by Gasteiger charge is 2.45. The van der Waals surface area contributed by atoms with E-state index in [1.807, 2.05) is 6.07 Å². The fourth-order valence-corrected chi connectivity index (χ4v) is 3.22. The first-order valence-electron chi connectivity index (χ1n) is 6.37. The summed E-state index contributed by atoms with van der Waals surface area (Å²) >= 11 is 0. The van der Waals surface area contributed by atoms with Gasteiger partial charge in [0.1, 0.15) is 17.5 Å². The molecule has 2 aliphatic rings. The summed E-state index contributed by atoms with van der Waals surface area (Å²) in [6, 6.07) is 4.77. The molecule has 1 N–H and O–H groups in total. The lowest BCUT2D eigenvalue weighted by Gasteiger charge is -2.49. The summed E-state index contributed by atoms with van der Waals surface area (Å²) in [6.45, 7) is 5.03. The monoisotopic (exact) mass is 248 g/mol. The van der Waals surface area contributed by atoms with Gasteiger partial charge in [0.15, 0.2) is 0 Å². The molecule has 1 unspecified atom stereocenters. The Hall–Kier alpha value is -1.58. The maximum atomic E-state index is 13.8. The van der Waals surface area contributed by atoms with Crippen molar-refractivity contribution in [2.24, 2.45) is 5.41 Å². The fourth-order valence-electron chi connectivity index (χ4n) is 3.22. The number of carbonyl (C=O) groups excluding carboxylic acids is 1. The Kier molecular flexibility index (Phi) is 2.37. The van der Waals surface area contributed by atoms with Crippen LogP contribution in [0.25, 0.3) is 0 Å². The van der Waals surface area contributed by atoms with Gasteiger partial charge >= 0.3 is 0 Å². The Morgan fingerprint density at radius 3 is 3.00 bits per heavy atom. The molecule has 2 heterocycles. The molecule has 0 aliphatic carbocycles. The third-order valence-electron chi connectivity index (χ3n) is 4.07. The van der Waals surface area contributed by atoms with E-state index in [1.54, 1.807) is 6.07 Å². The van der Waals surface area contributed by atoms with Crippen LogP contribution in [-0.4, -0.2) is 18.5 Å². The van der Waals surface area contributed by atoms with Gasteiger partial charge in [-0.05, 0) is 30.4 Å². The zero-order chi connectivity index (χ0) is 12.9. The largest absolute Gasteiger partial charge is 0.357 e. The summed E-state index contributed by atoms with van der Waals surface area (Å²) in [5.41, 5.74) is 1.07. The highest BCUT2D eigenvalue weighted by molar-refractivity contribution is 6.04. The maximum Gasteiger partial charge on any atom is 0.247 e. The Morgan fingerprint density at radius 2 is 2.22 bits per heavy atom. The van der Waals surface area contributed by atoms with Gasteiger partial charge in [0.05, 0.1) is 5.69 Å². The third kappa shape index (κ3) is 1.51. The minimum Gasteiger partial charge on any atom is -0.357 e. The zero-order valence-corrected chi connectivity index (χ0v) is 10.7. The highest BCUT2D eigenvalue weighted by Crippen LogP contribution is 2.44. The van der Waals surface area contributed by atoms with E-state index in [0.29, 0.717) is 5.69 Å². The van der Waals surface area contributed by atoms with Crippen molar-refractivity contribution in [3.63, 3.8) is 0 Å². The van der Waals surface area contributed by atoms with Gasteiger partial charge in [-0.15, -0.1) is 0 Å². The lowest BCUT2D eigenvalue weighted by molar-refractivity contribution is -0.120. The number of carbonyl (C=O) groups is 1. The van der Waals surface area contributed by atoms with Crippen molar-refractivity contribution >= 4 is 17.3 Å². The number of hydrogen-bond acceptors (Lipinski definition) is 2. The van der Waals surface area contributed by atoms with Crippen LogP contribution in [0.1, 0.15) is 26.7 Å². The molecular weight excluding hydrogens is 231 g/mol. The summed E-state index contributed by atoms with van der Waals surface area (Å²) in [5, 5.41) is 2.73. The van der Waals surface area contributed by atoms with Gasteiger partial charge in [0, 0.05) is 6.54 Å². The minimum absolute atomic E-state index is 0.0770. The van der Waals surface area contributed by atoms with Crippen molar-refractivity contribution in [2.45, 2.75) is 32.7 Å². The first-order valence-corrected chi connectivity index (χ1v) is 6.37. The van der Waals surface area contributed by atoms with Gasteiger partial charge in [0.2, 0.25) is 5.91 Å². The average Bonchev–Trinajstić information content (AvgIpc) is 2.29. The van der Waals surface area contributed by atoms with Crippen molar-refractivity contribution < 1.29 is 9.18 Å². The van der Waals surface area contributed by atoms with Crippen molar-refractivity contribution in [2.75, 3.05) is 16.8 Å². The second-order valence-corrected chi connectivity index (χ2v) is 5.81. The van der Waals surface area contributed by atoms with Crippen LogP contribution in [0.15, 0.2) is 18.2 Å². The molecule has 1 fully saturated rings. The zero-order valence-electron chi connectivity index (χ0n) is 10.7. The van der Waals surface area contributed by atoms with Gasteiger partial charge < -0.3 is 10.2 Å². The number of hydrogen-bond donors (Lipinski definition) is 1. The van der Waals surface area contributed by atoms with Crippen molar-refractivity contribution in [3.8, 4) is 0 Å². The van der Waals surface area contributed by atoms with Crippen LogP contribution in [0, 0.1) is 11.2 Å². The summed E-state index contributed by atoms with van der Waals surface area (Å²) in [7, 11) is 0. The van der Waals surface area contributed by atoms with E-state index >= 15 is 0 Å². The van der Waals surface area contributed by atoms with E-state index < -0.39 is 0 Å². The first kappa shape index (κ1) is 11.5. The smallest absolute Gasteiger partial charge is 0.247 e. The molecule has 2 aliphatic heterocycles. The quantitative estimate of drug-likeness (QED) is 0.765. The highest BCUT2D eigenvalue weighted by atomic mass is 19.1. The molecule has 4 heteroatoms. The molecule has 1 atom stereocenters. The molecule has 96 valence electrons. The molecule has 3 rings (SSSR count). The van der Waals surface area contributed by atoms with Gasteiger partial charge in [-0.25, -0.2) is 4.39 Å². The summed E-state index contributed by atoms with van der Waals surface area (Å²) in [6.07, 6.45) is 2.05. The Bertz CT molecular complexity index is 513. The van der Waals surface area contributed by atoms with Gasteiger partial charge in [0.25, 0.3) is 0 Å². The molecular formula is C14H17FN2O. The Morgan fingerprint density at radius 1 is 1.44 bits per heavy atom. The minimum atomic E-state index is -0.359. The van der Waals surface area contributed by atoms with Crippen LogP contribution in [0.2, 0.25) is 0 Å². The van der Waals surface area contributed by atoms with E-state index in [9.17, 15) is 9.18 Å². The molecule has 1 aromatic rings. The number of piperidine rings is 1. The number of para-hydroxylation sites is 1. The number of benzene rings is 1. The lowest BCUT2D eigenvalue weighted by Crippen LogP contribution is -2.58. The molecule has 0 aromatic heterocycles. The number of anilines is 2. The van der Waals surface area contributed by atoms with E-state index in [4.69, 9.17) is 0 Å². The summed E-state index contributed by atoms with van der Waals surface area (Å²) in [4.78, 5) is 14.3. The Labute approximate surface area is 106 Å². The van der Waals surface area contributed by atoms with Crippen LogP contribution >= 0.6 is 0 Å². The third-order valence-corrected chi connectivity index (χ3v) is 4.07. The molecule has 0 saturated carbocycles. The normalized spacial score (nSPS) is 25.2. The molecule has 3 nitrogen and oxygen atoms in total. The predicted molar refractivity (Wildman–Crippen MR) is 69.2 cm³/mol. The summed E-state index contributed by atoms with van der Waals surface area (Å²) in [5.74, 6) is -0.444. The molecule has 18 heavy (non-hydrogen) atoms. The van der Waals surface area contributed by atoms with Crippen molar-refractivity contribution in [1.82, 2.24) is 0 Å². The van der Waals surface area contributed by atoms with E-state index in [1.165, 1.54) is 6.07 Å². The molecule has 1 aromatic carbocycles. The van der Waals surface area contributed by atoms with Crippen LogP contribution in [0.4, 0.5) is 15.8 Å². The lowest BCUT2D eigenvalue weighted by atomic mass is 9.75. The number of halogens is 1. The van der Waals surface area contributed by atoms with Crippen LogP contribution in [-0.2, 0) is 4.79 Å². The number of amides is 1. The summed E-state index contributed by atoms with van der Waals surface area (Å²) < 4.78 is 13.8. The molecule has 1 saturated heterocycles. The van der Waals surface area contributed by atoms with Crippen LogP contribution in [0.5, 0.6) is 0 Å². The molecule has 1 amide bonds. The van der Waals surface area contributed by atoms with Gasteiger partial charge in [-0.2, -0.15) is 0 Å². The topological polar surface area (TPSA) is 32.3 Å². The van der Waals surface area contributed by atoms with Crippen molar-refractivity contribution in [3.05, 3.63) is 24.0 Å². The van der Waals surface area contributed by atoms with Crippen LogP contribution in [0.3, 0.4) is 0 Å². The van der Waals surface area contributed by atoms with E-state index in [0.717, 1.165) is 25.1 Å². The van der Waals surface area contributed by atoms with Crippen molar-refractivity contribution in [1.29, 1.82) is 0 Å². The maximum absolute atomic E-state index is 13.8. The average molecular weight is 248 g/mol. The predicted octanol–water partition coefficient (Wildman–Crippen LogP) is 2.77. The first-order chi connectivity index (χ1) is 8.50. The SMILES string of the molecule is CC1(C)CCCN2c3cccc(F)c3NC(=O)C21. The van der Waals surface area contributed by atoms with Gasteiger partial charge in [-0.3, -0.25) is 4.79 Å². The number of fused-ring (bicyclic) bond motifs is 3. The van der Waals surface area contributed by atoms with Gasteiger partial charge in [-0.1, -0.05) is 19.9 Å². The second kappa shape index (κ2) is 3.70. The van der Waals surface area contributed by atoms with Crippen LogP contribution < -0.4 is 10.2 Å². The molecule has 0 bridgehead atoms. The molecule has 0 radical (unpaired) electrons. The Balaban J connectivity index is 2.13. The van der Waals surface area contributed by atoms with E-state index in [-0.39, 0.29) is 23.2 Å². The van der Waals surface area contributed by atoms with E-state index in [2.05, 4.69) is 24.1 Å². The number of nitrogens with one attached hydrogen (secondary N) is 1. The number of nitrogens with zero attached hydrogens (tertiary/aromatic N) is 1. The number of rotatable bonds is 0. The second-order valence-electron chi connectivity index (χ2n) is 5.81.